The molecule has 0 spiro atoms. The van der Waals surface area contributed by atoms with Gasteiger partial charge >= 0.3 is 0 Å². The number of hydrogen-bond donors (Lipinski definition) is 3. The zero-order chi connectivity index (χ0) is 18.6. The lowest BCUT2D eigenvalue weighted by Crippen LogP contribution is -2.34. The van der Waals surface area contributed by atoms with Crippen molar-refractivity contribution >= 4 is 34.1 Å². The molecule has 3 rings (SSSR count). The Morgan fingerprint density at radius 1 is 1.38 bits per heavy atom. The summed E-state index contributed by atoms with van der Waals surface area (Å²) in [6, 6.07) is 0. The van der Waals surface area contributed by atoms with E-state index in [1.54, 1.807) is 24.2 Å². The topological polar surface area (TPSA) is 92.1 Å². The summed E-state index contributed by atoms with van der Waals surface area (Å²) in [5.41, 5.74) is -0.244. The van der Waals surface area contributed by atoms with E-state index in [2.05, 4.69) is 25.9 Å². The molecular formula is C17H25N5O2S2. The maximum absolute atomic E-state index is 12.3. The Morgan fingerprint density at radius 2 is 2.15 bits per heavy atom. The Labute approximate surface area is 161 Å². The number of anilines is 1. The zero-order valence-electron chi connectivity index (χ0n) is 15.3. The Hall–Kier alpha value is -1.42. The van der Waals surface area contributed by atoms with Crippen LogP contribution in [-0.2, 0) is 16.1 Å². The predicted octanol–water partition coefficient (Wildman–Crippen LogP) is 2.82. The molecule has 0 aromatic carbocycles. The molecule has 1 aliphatic heterocycles. The lowest BCUT2D eigenvalue weighted by atomic mass is 9.97. The van der Waals surface area contributed by atoms with E-state index in [0.29, 0.717) is 16.8 Å². The summed E-state index contributed by atoms with van der Waals surface area (Å²) in [6.45, 7) is 5.90. The van der Waals surface area contributed by atoms with E-state index < -0.39 is 0 Å². The van der Waals surface area contributed by atoms with E-state index in [1.807, 2.05) is 20.9 Å². The smallest absolute Gasteiger partial charge is 0.229 e. The van der Waals surface area contributed by atoms with Crippen molar-refractivity contribution in [2.24, 2.45) is 5.92 Å². The molecule has 142 valence electrons. The van der Waals surface area contributed by atoms with Gasteiger partial charge in [0.05, 0.1) is 27.9 Å². The fraction of sp³-hybridized carbons (Fsp3) is 0.588. The Balaban J connectivity index is 1.51. The fourth-order valence-electron chi connectivity index (χ4n) is 2.60. The monoisotopic (exact) mass is 395 g/mol. The fourth-order valence-corrected chi connectivity index (χ4v) is 4.33. The average molecular weight is 396 g/mol. The minimum Gasteiger partial charge on any atom is -0.443 e. The van der Waals surface area contributed by atoms with Gasteiger partial charge < -0.3 is 20.4 Å². The SMILES string of the molecule is CNC(C)(C)c1cnc(CSc2cnc(NC(=O)C3CCNCC3)s2)o1. The van der Waals surface area contributed by atoms with E-state index in [1.165, 1.54) is 11.3 Å². The van der Waals surface area contributed by atoms with Crippen molar-refractivity contribution in [3.63, 3.8) is 0 Å². The maximum Gasteiger partial charge on any atom is 0.229 e. The van der Waals surface area contributed by atoms with Gasteiger partial charge in [-0.05, 0) is 46.8 Å². The average Bonchev–Trinajstić information content (AvgIpc) is 3.30. The first-order valence-electron chi connectivity index (χ1n) is 8.72. The Bertz CT molecular complexity index is 737. The van der Waals surface area contributed by atoms with Gasteiger partial charge in [0.25, 0.3) is 0 Å². The van der Waals surface area contributed by atoms with Gasteiger partial charge in [-0.3, -0.25) is 4.79 Å². The van der Waals surface area contributed by atoms with E-state index >= 15 is 0 Å². The van der Waals surface area contributed by atoms with Crippen LogP contribution >= 0.6 is 23.1 Å². The number of aromatic nitrogens is 2. The summed E-state index contributed by atoms with van der Waals surface area (Å²) in [6.07, 6.45) is 5.32. The van der Waals surface area contributed by atoms with Crippen LogP contribution in [0.1, 0.15) is 38.3 Å². The third kappa shape index (κ3) is 4.85. The Morgan fingerprint density at radius 3 is 2.88 bits per heavy atom. The molecule has 1 aliphatic rings. The van der Waals surface area contributed by atoms with Crippen molar-refractivity contribution in [1.29, 1.82) is 0 Å². The quantitative estimate of drug-likeness (QED) is 0.621. The van der Waals surface area contributed by atoms with E-state index in [0.717, 1.165) is 35.9 Å². The highest BCUT2D eigenvalue weighted by molar-refractivity contribution is 8.00. The van der Waals surface area contributed by atoms with Gasteiger partial charge in [-0.25, -0.2) is 9.97 Å². The van der Waals surface area contributed by atoms with Crippen LogP contribution in [-0.4, -0.2) is 36.0 Å². The molecule has 1 amide bonds. The summed E-state index contributed by atoms with van der Waals surface area (Å²) in [5.74, 6) is 2.28. The van der Waals surface area contributed by atoms with Crippen LogP contribution in [0, 0.1) is 5.92 Å². The Kier molecular flexibility index (Phi) is 6.33. The van der Waals surface area contributed by atoms with Crippen molar-refractivity contribution in [3.8, 4) is 0 Å². The molecule has 0 atom stereocenters. The number of nitrogens with zero attached hydrogens (tertiary/aromatic N) is 2. The molecule has 3 heterocycles. The highest BCUT2D eigenvalue weighted by Gasteiger charge is 2.23. The van der Waals surface area contributed by atoms with Gasteiger partial charge in [-0.1, -0.05) is 11.3 Å². The van der Waals surface area contributed by atoms with Crippen LogP contribution in [0.5, 0.6) is 0 Å². The van der Waals surface area contributed by atoms with Gasteiger partial charge in [0.15, 0.2) is 5.13 Å². The molecule has 7 nitrogen and oxygen atoms in total. The highest BCUT2D eigenvalue weighted by atomic mass is 32.2. The third-order valence-corrected chi connectivity index (χ3v) is 6.65. The van der Waals surface area contributed by atoms with Crippen LogP contribution in [0.3, 0.4) is 0 Å². The minimum atomic E-state index is -0.244. The zero-order valence-corrected chi connectivity index (χ0v) is 16.9. The molecule has 0 unspecified atom stereocenters. The molecule has 3 N–H and O–H groups in total. The molecule has 1 saturated heterocycles. The molecule has 2 aromatic heterocycles. The number of rotatable bonds is 7. The first kappa shape index (κ1) is 19.3. The van der Waals surface area contributed by atoms with Crippen molar-refractivity contribution < 1.29 is 9.21 Å². The largest absolute Gasteiger partial charge is 0.443 e. The second-order valence-corrected chi connectivity index (χ2v) is 9.09. The molecule has 0 bridgehead atoms. The second kappa shape index (κ2) is 8.51. The predicted molar refractivity (Wildman–Crippen MR) is 104 cm³/mol. The molecule has 0 aliphatic carbocycles. The maximum atomic E-state index is 12.3. The third-order valence-electron chi connectivity index (χ3n) is 4.56. The number of thiazole rings is 1. The molecule has 26 heavy (non-hydrogen) atoms. The van der Waals surface area contributed by atoms with E-state index in [9.17, 15) is 4.79 Å². The van der Waals surface area contributed by atoms with E-state index in [-0.39, 0.29) is 17.4 Å². The van der Waals surface area contributed by atoms with Crippen LogP contribution < -0.4 is 16.0 Å². The number of piperidine rings is 1. The second-order valence-electron chi connectivity index (χ2n) is 6.78. The molecular weight excluding hydrogens is 370 g/mol. The number of amides is 1. The van der Waals surface area contributed by atoms with Crippen LogP contribution in [0.2, 0.25) is 0 Å². The molecule has 0 radical (unpaired) electrons. The molecule has 1 fully saturated rings. The molecule has 9 heteroatoms. The first-order valence-corrected chi connectivity index (χ1v) is 10.5. The van der Waals surface area contributed by atoms with Gasteiger partial charge in [0.2, 0.25) is 11.8 Å². The number of thioether (sulfide) groups is 1. The molecule has 2 aromatic rings. The summed E-state index contributed by atoms with van der Waals surface area (Å²) in [4.78, 5) is 20.9. The lowest BCUT2D eigenvalue weighted by molar-refractivity contribution is -0.120. The first-order chi connectivity index (χ1) is 12.5. The van der Waals surface area contributed by atoms with Gasteiger partial charge in [-0.15, -0.1) is 11.8 Å². The van der Waals surface area contributed by atoms with Crippen molar-refractivity contribution in [1.82, 2.24) is 20.6 Å². The van der Waals surface area contributed by atoms with Gasteiger partial charge in [0.1, 0.15) is 5.76 Å². The number of hydrogen-bond acceptors (Lipinski definition) is 8. The van der Waals surface area contributed by atoms with E-state index in [4.69, 9.17) is 4.42 Å². The molecule has 0 saturated carbocycles. The normalized spacial score (nSPS) is 16.0. The number of carbonyl (C=O) groups is 1. The lowest BCUT2D eigenvalue weighted by Gasteiger charge is -2.20. The number of nitrogens with one attached hydrogen (secondary N) is 3. The van der Waals surface area contributed by atoms with Gasteiger partial charge in [-0.2, -0.15) is 0 Å². The summed E-state index contributed by atoms with van der Waals surface area (Å²) in [7, 11) is 1.90. The number of oxazole rings is 1. The minimum absolute atomic E-state index is 0.0732. The van der Waals surface area contributed by atoms with Crippen molar-refractivity contribution in [2.45, 2.75) is 42.2 Å². The van der Waals surface area contributed by atoms with Crippen LogP contribution in [0.15, 0.2) is 21.0 Å². The highest BCUT2D eigenvalue weighted by Crippen LogP contribution is 2.31. The summed E-state index contributed by atoms with van der Waals surface area (Å²) >= 11 is 3.09. The number of carbonyl (C=O) groups excluding carboxylic acids is 1. The van der Waals surface area contributed by atoms with Crippen molar-refractivity contribution in [2.75, 3.05) is 25.5 Å². The summed E-state index contributed by atoms with van der Waals surface area (Å²) in [5, 5.41) is 10.1. The van der Waals surface area contributed by atoms with Crippen LogP contribution in [0.4, 0.5) is 5.13 Å². The van der Waals surface area contributed by atoms with Gasteiger partial charge in [0, 0.05) is 5.92 Å². The van der Waals surface area contributed by atoms with Crippen LogP contribution in [0.25, 0.3) is 0 Å². The summed E-state index contributed by atoms with van der Waals surface area (Å²) < 4.78 is 6.85. The standard InChI is InChI=1S/C17H25N5O2S2/c1-17(2,18-3)12-8-20-13(24-12)10-25-14-9-21-16(26-14)22-15(23)11-4-6-19-7-5-11/h8-9,11,18-19H,4-7,10H2,1-3H3,(H,21,22,23). The van der Waals surface area contributed by atoms with Crippen molar-refractivity contribution in [3.05, 3.63) is 24.0 Å².